The van der Waals surface area contributed by atoms with E-state index in [0.29, 0.717) is 11.8 Å². The van der Waals surface area contributed by atoms with Crippen molar-refractivity contribution in [2.75, 3.05) is 13.2 Å². The molecule has 13 heteroatoms. The lowest BCUT2D eigenvalue weighted by Gasteiger charge is -2.39. The number of rotatable bonds is 7. The van der Waals surface area contributed by atoms with Gasteiger partial charge in [-0.2, -0.15) is 8.42 Å². The van der Waals surface area contributed by atoms with E-state index in [-0.39, 0.29) is 24.5 Å². The number of aliphatic hydroxyl groups excluding tert-OH is 5. The maximum Gasteiger partial charge on any atom is 0.466 e. The van der Waals surface area contributed by atoms with E-state index in [1.807, 2.05) is 0 Å². The third-order valence-electron chi connectivity index (χ3n) is 2.88. The van der Waals surface area contributed by atoms with E-state index in [1.165, 1.54) is 0 Å². The van der Waals surface area contributed by atoms with Gasteiger partial charge < -0.3 is 30.3 Å². The van der Waals surface area contributed by atoms with Crippen LogP contribution < -0.4 is 0 Å². The van der Waals surface area contributed by atoms with Gasteiger partial charge in [0.15, 0.2) is 0 Å². The number of oxime groups is 1. The highest BCUT2D eigenvalue weighted by molar-refractivity contribution is 8.14. The molecule has 0 aliphatic carbocycles. The Hall–Kier alpha value is -0.510. The first-order valence-corrected chi connectivity index (χ1v) is 8.75. The van der Waals surface area contributed by atoms with Crippen LogP contribution in [0.4, 0.5) is 0 Å². The number of aliphatic hydroxyl groups is 5. The van der Waals surface area contributed by atoms with Crippen LogP contribution in [0.15, 0.2) is 5.16 Å². The molecule has 0 saturated carbocycles. The Bertz CT molecular complexity index is 496. The largest absolute Gasteiger partial charge is 0.466 e. The van der Waals surface area contributed by atoms with Crippen LogP contribution in [0.25, 0.3) is 0 Å². The summed E-state index contributed by atoms with van der Waals surface area (Å²) in [4.78, 5) is 0. The van der Waals surface area contributed by atoms with Crippen LogP contribution in [-0.4, -0.2) is 86.6 Å². The van der Waals surface area contributed by atoms with Crippen molar-refractivity contribution in [3.05, 3.63) is 0 Å². The van der Waals surface area contributed by atoms with Gasteiger partial charge in [-0.3, -0.25) is 4.55 Å². The zero-order valence-electron chi connectivity index (χ0n) is 11.8. The third-order valence-corrected chi connectivity index (χ3v) is 4.32. The SMILES string of the molecule is O=S(=O)(O)ON=C(CCCO)SC1OC(CO)C(O)C(O)C1O. The Morgan fingerprint density at radius 3 is 2.35 bits per heavy atom. The molecule has 0 bridgehead atoms. The summed E-state index contributed by atoms with van der Waals surface area (Å²) in [5.41, 5.74) is -1.19. The van der Waals surface area contributed by atoms with E-state index < -0.39 is 46.9 Å². The number of ether oxygens (including phenoxy) is 1. The summed E-state index contributed by atoms with van der Waals surface area (Å²) in [5.74, 6) is 0. The van der Waals surface area contributed by atoms with Crippen LogP contribution >= 0.6 is 11.8 Å². The Kier molecular flexibility index (Phi) is 8.12. The van der Waals surface area contributed by atoms with Crippen molar-refractivity contribution >= 4 is 27.2 Å². The minimum absolute atomic E-state index is 0.0334. The average molecular weight is 377 g/mol. The van der Waals surface area contributed by atoms with Crippen molar-refractivity contribution in [2.24, 2.45) is 5.16 Å². The lowest BCUT2D eigenvalue weighted by atomic mass is 10.0. The summed E-state index contributed by atoms with van der Waals surface area (Å²) in [6.45, 7) is -0.854. The second-order valence-corrected chi connectivity index (χ2v) is 6.81. The lowest BCUT2D eigenvalue weighted by molar-refractivity contribution is -0.205. The molecular formula is C10H19NO10S2. The fourth-order valence-corrected chi connectivity index (χ4v) is 3.08. The quantitative estimate of drug-likeness (QED) is 0.118. The van der Waals surface area contributed by atoms with E-state index >= 15 is 0 Å². The molecule has 0 aromatic rings. The van der Waals surface area contributed by atoms with Gasteiger partial charge in [0, 0.05) is 13.0 Å². The Morgan fingerprint density at radius 2 is 1.83 bits per heavy atom. The predicted molar refractivity (Wildman–Crippen MR) is 77.7 cm³/mol. The Morgan fingerprint density at radius 1 is 1.17 bits per heavy atom. The Labute approximate surface area is 136 Å². The summed E-state index contributed by atoms with van der Waals surface area (Å²) in [5, 5.41) is 50.2. The van der Waals surface area contributed by atoms with Gasteiger partial charge in [-0.25, -0.2) is 4.28 Å². The topological polar surface area (TPSA) is 186 Å². The third kappa shape index (κ3) is 6.48. The second kappa shape index (κ2) is 9.10. The summed E-state index contributed by atoms with van der Waals surface area (Å²) in [7, 11) is -4.83. The van der Waals surface area contributed by atoms with Crippen LogP contribution in [0.1, 0.15) is 12.8 Å². The van der Waals surface area contributed by atoms with Crippen molar-refractivity contribution in [2.45, 2.75) is 42.7 Å². The van der Waals surface area contributed by atoms with Gasteiger partial charge in [0.25, 0.3) is 0 Å². The fraction of sp³-hybridized carbons (Fsp3) is 0.900. The zero-order chi connectivity index (χ0) is 17.6. The highest BCUT2D eigenvalue weighted by Crippen LogP contribution is 2.30. The van der Waals surface area contributed by atoms with Crippen molar-refractivity contribution in [3.63, 3.8) is 0 Å². The van der Waals surface area contributed by atoms with Crippen LogP contribution in [0.5, 0.6) is 0 Å². The zero-order valence-corrected chi connectivity index (χ0v) is 13.4. The molecule has 11 nitrogen and oxygen atoms in total. The van der Waals surface area contributed by atoms with Crippen LogP contribution in [0.2, 0.25) is 0 Å². The van der Waals surface area contributed by atoms with Gasteiger partial charge in [-0.05, 0) is 6.42 Å². The van der Waals surface area contributed by atoms with Crippen molar-refractivity contribution in [1.29, 1.82) is 0 Å². The maximum absolute atomic E-state index is 10.5. The Balaban J connectivity index is 2.84. The molecular weight excluding hydrogens is 358 g/mol. The number of nitrogens with zero attached hydrogens (tertiary/aromatic N) is 1. The molecule has 136 valence electrons. The molecule has 6 N–H and O–H groups in total. The van der Waals surface area contributed by atoms with Crippen LogP contribution in [0.3, 0.4) is 0 Å². The highest BCUT2D eigenvalue weighted by atomic mass is 32.3. The van der Waals surface area contributed by atoms with E-state index in [0.717, 1.165) is 0 Å². The first-order chi connectivity index (χ1) is 10.7. The monoisotopic (exact) mass is 377 g/mol. The van der Waals surface area contributed by atoms with E-state index in [9.17, 15) is 23.7 Å². The fourth-order valence-electron chi connectivity index (χ4n) is 1.74. The summed E-state index contributed by atoms with van der Waals surface area (Å²) in [6, 6.07) is 0. The number of hydrogen-bond acceptors (Lipinski definition) is 11. The van der Waals surface area contributed by atoms with E-state index in [4.69, 9.17) is 19.5 Å². The van der Waals surface area contributed by atoms with Gasteiger partial charge >= 0.3 is 10.4 Å². The first kappa shape index (κ1) is 20.5. The number of hydrogen-bond donors (Lipinski definition) is 6. The molecule has 0 aromatic heterocycles. The van der Waals surface area contributed by atoms with Gasteiger partial charge in [0.05, 0.1) is 6.61 Å². The van der Waals surface area contributed by atoms with Crippen LogP contribution in [-0.2, 0) is 19.4 Å². The van der Waals surface area contributed by atoms with E-state index in [2.05, 4.69) is 9.44 Å². The van der Waals surface area contributed by atoms with Crippen molar-refractivity contribution < 1.29 is 47.5 Å². The van der Waals surface area contributed by atoms with Gasteiger partial charge in [0.2, 0.25) is 0 Å². The minimum atomic E-state index is -4.83. The molecule has 1 aliphatic rings. The van der Waals surface area contributed by atoms with Gasteiger partial charge in [-0.1, -0.05) is 16.9 Å². The van der Waals surface area contributed by atoms with Crippen molar-refractivity contribution in [1.82, 2.24) is 0 Å². The summed E-state index contributed by atoms with van der Waals surface area (Å²) >= 11 is 0.663. The normalized spacial score (nSPS) is 32.8. The summed E-state index contributed by atoms with van der Waals surface area (Å²) < 4.78 is 38.7. The van der Waals surface area contributed by atoms with Crippen LogP contribution in [0, 0.1) is 0 Å². The second-order valence-electron chi connectivity index (χ2n) is 4.63. The summed E-state index contributed by atoms with van der Waals surface area (Å²) in [6.07, 6.45) is -5.60. The molecule has 5 atom stereocenters. The smallest absolute Gasteiger partial charge is 0.396 e. The molecule has 1 fully saturated rings. The van der Waals surface area contributed by atoms with Gasteiger partial charge in [-0.15, -0.1) is 0 Å². The predicted octanol–water partition coefficient (Wildman–Crippen LogP) is -2.58. The molecule has 0 spiro atoms. The molecule has 1 heterocycles. The molecule has 5 unspecified atom stereocenters. The van der Waals surface area contributed by atoms with Crippen molar-refractivity contribution in [3.8, 4) is 0 Å². The molecule has 0 radical (unpaired) electrons. The maximum atomic E-state index is 10.5. The average Bonchev–Trinajstić information content (AvgIpc) is 2.49. The standard InChI is InChI=1S/C10H19NO10S2/c12-3-1-2-6(11-21-23(17,18)19)22-10-9(16)8(15)7(14)5(4-13)20-10/h5,7-10,12-16H,1-4H2,(H,17,18,19). The van der Waals surface area contributed by atoms with E-state index in [1.54, 1.807) is 0 Å². The first-order valence-electron chi connectivity index (χ1n) is 6.50. The number of thioether (sulfide) groups is 1. The molecule has 0 amide bonds. The minimum Gasteiger partial charge on any atom is -0.396 e. The molecule has 0 aromatic carbocycles. The molecule has 1 saturated heterocycles. The molecule has 1 aliphatic heterocycles. The molecule has 1 rings (SSSR count). The molecule has 23 heavy (non-hydrogen) atoms. The highest BCUT2D eigenvalue weighted by Gasteiger charge is 2.44. The lowest BCUT2D eigenvalue weighted by Crippen LogP contribution is -2.57. The van der Waals surface area contributed by atoms with Gasteiger partial charge in [0.1, 0.15) is 34.9 Å².